The van der Waals surface area contributed by atoms with Crippen LogP contribution in [0.3, 0.4) is 0 Å². The molecule has 6 nitrogen and oxygen atoms in total. The largest absolute Gasteiger partial charge is 0.399 e. The van der Waals surface area contributed by atoms with Gasteiger partial charge in [0.05, 0.1) is 11.4 Å². The average molecular weight is 311 g/mol. The lowest BCUT2D eigenvalue weighted by Gasteiger charge is -2.27. The zero-order valence-corrected chi connectivity index (χ0v) is 12.9. The summed E-state index contributed by atoms with van der Waals surface area (Å²) in [6.07, 6.45) is 3.44. The highest BCUT2D eigenvalue weighted by atomic mass is 32.2. The second kappa shape index (κ2) is 6.03. The number of nitrogen functional groups attached to an aromatic ring is 1. The number of hydrogen-bond acceptors (Lipinski definition) is 4. The van der Waals surface area contributed by atoms with E-state index in [1.54, 1.807) is 19.1 Å². The first-order valence-corrected chi connectivity index (χ1v) is 8.42. The van der Waals surface area contributed by atoms with Gasteiger partial charge < -0.3 is 11.5 Å². The average Bonchev–Trinajstić information content (AvgIpc) is 2.92. The van der Waals surface area contributed by atoms with Gasteiger partial charge in [0, 0.05) is 11.7 Å². The number of primary amides is 1. The van der Waals surface area contributed by atoms with Crippen LogP contribution < -0.4 is 11.5 Å². The Morgan fingerprint density at radius 1 is 1.33 bits per heavy atom. The maximum absolute atomic E-state index is 12.9. The molecule has 1 aliphatic carbocycles. The Morgan fingerprint density at radius 3 is 2.52 bits per heavy atom. The highest BCUT2D eigenvalue weighted by Gasteiger charge is 2.35. The maximum Gasteiger partial charge on any atom is 0.244 e. The molecule has 7 heteroatoms. The second-order valence-corrected chi connectivity index (χ2v) is 7.34. The number of sulfonamides is 1. The Morgan fingerprint density at radius 2 is 1.95 bits per heavy atom. The monoisotopic (exact) mass is 311 g/mol. The lowest BCUT2D eigenvalue weighted by atomic mass is 10.2. The van der Waals surface area contributed by atoms with Crippen LogP contribution in [0.15, 0.2) is 23.1 Å². The zero-order chi connectivity index (χ0) is 15.6. The molecule has 4 N–H and O–H groups in total. The SMILES string of the molecule is Cc1ccc(N)cc1S(=O)(=O)N(CC(N)=O)C1CCCC1. The minimum absolute atomic E-state index is 0.149. The molecule has 1 fully saturated rings. The molecule has 0 aromatic heterocycles. The highest BCUT2D eigenvalue weighted by molar-refractivity contribution is 7.89. The maximum atomic E-state index is 12.9. The summed E-state index contributed by atoms with van der Waals surface area (Å²) >= 11 is 0. The summed E-state index contributed by atoms with van der Waals surface area (Å²) in [5, 5.41) is 0. The fourth-order valence-corrected chi connectivity index (χ4v) is 4.69. The van der Waals surface area contributed by atoms with Crippen molar-refractivity contribution in [1.29, 1.82) is 0 Å². The Hall–Kier alpha value is -1.60. The van der Waals surface area contributed by atoms with Gasteiger partial charge in [-0.05, 0) is 37.5 Å². The van der Waals surface area contributed by atoms with E-state index in [1.165, 1.54) is 10.4 Å². The van der Waals surface area contributed by atoms with E-state index in [-0.39, 0.29) is 17.5 Å². The minimum atomic E-state index is -3.78. The van der Waals surface area contributed by atoms with Crippen molar-refractivity contribution in [3.05, 3.63) is 23.8 Å². The number of carbonyl (C=O) groups is 1. The molecule has 2 rings (SSSR count). The van der Waals surface area contributed by atoms with Crippen LogP contribution in [0.4, 0.5) is 5.69 Å². The van der Waals surface area contributed by atoms with Crippen LogP contribution in [0.1, 0.15) is 31.2 Å². The van der Waals surface area contributed by atoms with Crippen molar-refractivity contribution >= 4 is 21.6 Å². The number of carbonyl (C=O) groups excluding carboxylic acids is 1. The summed E-state index contributed by atoms with van der Waals surface area (Å²) in [5.74, 6) is -0.646. The third kappa shape index (κ3) is 3.36. The van der Waals surface area contributed by atoms with Gasteiger partial charge in [-0.3, -0.25) is 4.79 Å². The van der Waals surface area contributed by atoms with Gasteiger partial charge in [-0.1, -0.05) is 18.9 Å². The quantitative estimate of drug-likeness (QED) is 0.791. The van der Waals surface area contributed by atoms with Crippen LogP contribution in [0, 0.1) is 6.92 Å². The molecule has 116 valence electrons. The first kappa shape index (κ1) is 15.8. The third-order valence-electron chi connectivity index (χ3n) is 3.84. The second-order valence-electron chi connectivity index (χ2n) is 5.48. The number of nitrogens with zero attached hydrogens (tertiary/aromatic N) is 1. The van der Waals surface area contributed by atoms with E-state index in [0.717, 1.165) is 25.7 Å². The molecule has 0 aliphatic heterocycles. The molecule has 0 saturated heterocycles. The van der Waals surface area contributed by atoms with Crippen molar-refractivity contribution < 1.29 is 13.2 Å². The number of nitrogens with two attached hydrogens (primary N) is 2. The first-order chi connectivity index (χ1) is 9.82. The van der Waals surface area contributed by atoms with E-state index in [1.807, 2.05) is 0 Å². The number of benzene rings is 1. The van der Waals surface area contributed by atoms with Crippen molar-refractivity contribution in [1.82, 2.24) is 4.31 Å². The molecule has 1 aliphatic rings. The summed E-state index contributed by atoms with van der Waals surface area (Å²) in [7, 11) is -3.78. The van der Waals surface area contributed by atoms with Crippen LogP contribution >= 0.6 is 0 Å². The number of anilines is 1. The van der Waals surface area contributed by atoms with Gasteiger partial charge in [0.1, 0.15) is 0 Å². The molecule has 1 amide bonds. The Kier molecular flexibility index (Phi) is 4.53. The highest BCUT2D eigenvalue weighted by Crippen LogP contribution is 2.30. The lowest BCUT2D eigenvalue weighted by molar-refractivity contribution is -0.118. The van der Waals surface area contributed by atoms with E-state index in [2.05, 4.69) is 0 Å². The molecule has 0 spiro atoms. The van der Waals surface area contributed by atoms with Gasteiger partial charge in [-0.25, -0.2) is 8.42 Å². The standard InChI is InChI=1S/C14H21N3O3S/c1-10-6-7-11(15)8-13(10)21(19,20)17(9-14(16)18)12-4-2-3-5-12/h6-8,12H,2-5,9,15H2,1H3,(H2,16,18). The minimum Gasteiger partial charge on any atom is -0.399 e. The van der Waals surface area contributed by atoms with Crippen LogP contribution in [0.25, 0.3) is 0 Å². The number of aryl methyl sites for hydroxylation is 1. The topological polar surface area (TPSA) is 106 Å². The summed E-state index contributed by atoms with van der Waals surface area (Å²) in [5.41, 5.74) is 11.9. The molecule has 1 aromatic rings. The van der Waals surface area contributed by atoms with Crippen LogP contribution in [0.2, 0.25) is 0 Å². The number of rotatable bonds is 5. The smallest absolute Gasteiger partial charge is 0.244 e. The van der Waals surface area contributed by atoms with E-state index < -0.39 is 15.9 Å². The molecule has 21 heavy (non-hydrogen) atoms. The van der Waals surface area contributed by atoms with E-state index >= 15 is 0 Å². The van der Waals surface area contributed by atoms with Crippen molar-refractivity contribution in [2.24, 2.45) is 5.73 Å². The molecular formula is C14H21N3O3S. The zero-order valence-electron chi connectivity index (χ0n) is 12.1. The molecule has 1 saturated carbocycles. The molecule has 0 bridgehead atoms. The van der Waals surface area contributed by atoms with E-state index in [0.29, 0.717) is 11.3 Å². The van der Waals surface area contributed by atoms with Crippen LogP contribution in [0.5, 0.6) is 0 Å². The molecule has 0 atom stereocenters. The van der Waals surface area contributed by atoms with Gasteiger partial charge in [0.2, 0.25) is 15.9 Å². The Labute approximate surface area is 125 Å². The van der Waals surface area contributed by atoms with Gasteiger partial charge in [0.15, 0.2) is 0 Å². The van der Waals surface area contributed by atoms with Crippen LogP contribution in [-0.2, 0) is 14.8 Å². The van der Waals surface area contributed by atoms with Crippen molar-refractivity contribution in [2.45, 2.75) is 43.5 Å². The van der Waals surface area contributed by atoms with Crippen molar-refractivity contribution in [3.8, 4) is 0 Å². The normalized spacial score (nSPS) is 16.5. The fraction of sp³-hybridized carbons (Fsp3) is 0.500. The first-order valence-electron chi connectivity index (χ1n) is 6.98. The predicted octanol–water partition coefficient (Wildman–Crippen LogP) is 0.996. The summed E-state index contributed by atoms with van der Waals surface area (Å²) in [6, 6.07) is 4.60. The molecule has 1 aromatic carbocycles. The lowest BCUT2D eigenvalue weighted by Crippen LogP contribution is -2.44. The van der Waals surface area contributed by atoms with Gasteiger partial charge in [-0.15, -0.1) is 0 Å². The number of amides is 1. The fourth-order valence-electron chi connectivity index (χ4n) is 2.78. The third-order valence-corrected chi connectivity index (χ3v) is 5.88. The summed E-state index contributed by atoms with van der Waals surface area (Å²) in [4.78, 5) is 11.4. The summed E-state index contributed by atoms with van der Waals surface area (Å²) in [6.45, 7) is 1.42. The molecule has 0 unspecified atom stereocenters. The van der Waals surface area contributed by atoms with Crippen LogP contribution in [-0.4, -0.2) is 31.2 Å². The van der Waals surface area contributed by atoms with E-state index in [4.69, 9.17) is 11.5 Å². The molecular weight excluding hydrogens is 290 g/mol. The predicted molar refractivity (Wildman–Crippen MR) is 80.9 cm³/mol. The van der Waals surface area contributed by atoms with Gasteiger partial charge in [0.25, 0.3) is 0 Å². The molecule has 0 radical (unpaired) electrons. The molecule has 0 heterocycles. The summed E-state index contributed by atoms with van der Waals surface area (Å²) < 4.78 is 27.0. The van der Waals surface area contributed by atoms with Gasteiger partial charge >= 0.3 is 0 Å². The van der Waals surface area contributed by atoms with Gasteiger partial charge in [-0.2, -0.15) is 4.31 Å². The Balaban J connectivity index is 2.45. The number of hydrogen-bond donors (Lipinski definition) is 2. The van der Waals surface area contributed by atoms with Crippen molar-refractivity contribution in [3.63, 3.8) is 0 Å². The Bertz CT molecular complexity index is 637. The van der Waals surface area contributed by atoms with Crippen molar-refractivity contribution in [2.75, 3.05) is 12.3 Å². The van der Waals surface area contributed by atoms with E-state index in [9.17, 15) is 13.2 Å².